The first kappa shape index (κ1) is 13.4. The standard InChI is InChI=1S/C15H18ClN3O/c16-12-6-7-14-18-13(10-19(14)9-12)8-17-15(20)11-4-2-1-3-5-11/h6-7,9-11H,1-5,8H2,(H,17,20). The van der Waals surface area contributed by atoms with E-state index >= 15 is 0 Å². The summed E-state index contributed by atoms with van der Waals surface area (Å²) in [6.45, 7) is 0.481. The van der Waals surface area contributed by atoms with E-state index in [2.05, 4.69) is 10.3 Å². The Balaban J connectivity index is 1.63. The molecule has 5 heteroatoms. The van der Waals surface area contributed by atoms with Gasteiger partial charge >= 0.3 is 0 Å². The van der Waals surface area contributed by atoms with Gasteiger partial charge in [0.15, 0.2) is 0 Å². The van der Waals surface area contributed by atoms with Crippen LogP contribution in [0.25, 0.3) is 5.65 Å². The lowest BCUT2D eigenvalue weighted by Gasteiger charge is -2.20. The van der Waals surface area contributed by atoms with Crippen LogP contribution in [0.2, 0.25) is 5.02 Å². The molecule has 0 radical (unpaired) electrons. The molecule has 20 heavy (non-hydrogen) atoms. The van der Waals surface area contributed by atoms with Crippen LogP contribution in [0.4, 0.5) is 0 Å². The van der Waals surface area contributed by atoms with Crippen LogP contribution in [0.3, 0.4) is 0 Å². The fourth-order valence-corrected chi connectivity index (χ4v) is 2.96. The van der Waals surface area contributed by atoms with Crippen LogP contribution in [0.1, 0.15) is 37.8 Å². The number of carbonyl (C=O) groups is 1. The monoisotopic (exact) mass is 291 g/mol. The Hall–Kier alpha value is -1.55. The predicted octanol–water partition coefficient (Wildman–Crippen LogP) is 3.18. The van der Waals surface area contributed by atoms with Gasteiger partial charge in [0.2, 0.25) is 5.91 Å². The molecule has 1 amide bonds. The van der Waals surface area contributed by atoms with E-state index in [-0.39, 0.29) is 11.8 Å². The summed E-state index contributed by atoms with van der Waals surface area (Å²) in [5.74, 6) is 0.356. The summed E-state index contributed by atoms with van der Waals surface area (Å²) in [5.41, 5.74) is 1.70. The molecular formula is C15H18ClN3O. The summed E-state index contributed by atoms with van der Waals surface area (Å²) in [7, 11) is 0. The number of fused-ring (bicyclic) bond motifs is 1. The summed E-state index contributed by atoms with van der Waals surface area (Å²) in [6.07, 6.45) is 9.37. The van der Waals surface area contributed by atoms with Gasteiger partial charge in [0.25, 0.3) is 0 Å². The largest absolute Gasteiger partial charge is 0.350 e. The Morgan fingerprint density at radius 1 is 1.30 bits per heavy atom. The first-order valence-corrected chi connectivity index (χ1v) is 7.51. The van der Waals surface area contributed by atoms with Crippen LogP contribution in [0.5, 0.6) is 0 Å². The average Bonchev–Trinajstić information content (AvgIpc) is 2.87. The first-order valence-electron chi connectivity index (χ1n) is 7.13. The van der Waals surface area contributed by atoms with E-state index < -0.39 is 0 Å². The smallest absolute Gasteiger partial charge is 0.223 e. The van der Waals surface area contributed by atoms with E-state index in [1.807, 2.05) is 28.9 Å². The van der Waals surface area contributed by atoms with Crippen LogP contribution in [-0.2, 0) is 11.3 Å². The lowest BCUT2D eigenvalue weighted by molar-refractivity contribution is -0.126. The molecule has 0 aliphatic heterocycles. The number of rotatable bonds is 3. The van der Waals surface area contributed by atoms with Gasteiger partial charge in [-0.15, -0.1) is 0 Å². The SMILES string of the molecule is O=C(NCc1cn2cc(Cl)ccc2n1)C1CCCCC1. The highest BCUT2D eigenvalue weighted by atomic mass is 35.5. The molecule has 0 bridgehead atoms. The number of carbonyl (C=O) groups excluding carboxylic acids is 1. The Morgan fingerprint density at radius 2 is 2.10 bits per heavy atom. The van der Waals surface area contributed by atoms with Crippen LogP contribution in [-0.4, -0.2) is 15.3 Å². The van der Waals surface area contributed by atoms with Crippen molar-refractivity contribution in [3.63, 3.8) is 0 Å². The minimum atomic E-state index is 0.166. The number of nitrogens with zero attached hydrogens (tertiary/aromatic N) is 2. The molecule has 1 aliphatic rings. The molecule has 0 unspecified atom stereocenters. The Kier molecular flexibility index (Phi) is 3.92. The Morgan fingerprint density at radius 3 is 2.90 bits per heavy atom. The molecular weight excluding hydrogens is 274 g/mol. The van der Waals surface area contributed by atoms with Crippen molar-refractivity contribution in [2.24, 2.45) is 5.92 Å². The van der Waals surface area contributed by atoms with Crippen molar-refractivity contribution in [3.05, 3.63) is 35.2 Å². The molecule has 4 nitrogen and oxygen atoms in total. The van der Waals surface area contributed by atoms with Gasteiger partial charge in [-0.1, -0.05) is 30.9 Å². The molecule has 3 rings (SSSR count). The molecule has 1 fully saturated rings. The van der Waals surface area contributed by atoms with Crippen molar-refractivity contribution in [1.29, 1.82) is 0 Å². The van der Waals surface area contributed by atoms with Crippen molar-refractivity contribution in [2.75, 3.05) is 0 Å². The molecule has 2 heterocycles. The Bertz CT molecular complexity index is 617. The van der Waals surface area contributed by atoms with Crippen molar-refractivity contribution in [1.82, 2.24) is 14.7 Å². The van der Waals surface area contributed by atoms with Gasteiger partial charge in [-0.3, -0.25) is 4.79 Å². The number of pyridine rings is 1. The van der Waals surface area contributed by atoms with Crippen molar-refractivity contribution >= 4 is 23.2 Å². The number of nitrogens with one attached hydrogen (secondary N) is 1. The van der Waals surface area contributed by atoms with E-state index in [0.717, 1.165) is 24.2 Å². The zero-order valence-corrected chi connectivity index (χ0v) is 12.1. The normalized spacial score (nSPS) is 16.4. The summed E-state index contributed by atoms with van der Waals surface area (Å²) in [6, 6.07) is 3.68. The van der Waals surface area contributed by atoms with E-state index in [9.17, 15) is 4.79 Å². The number of hydrogen-bond donors (Lipinski definition) is 1. The lowest BCUT2D eigenvalue weighted by Crippen LogP contribution is -2.31. The molecule has 106 valence electrons. The van der Waals surface area contributed by atoms with Crippen molar-refractivity contribution in [3.8, 4) is 0 Å². The minimum Gasteiger partial charge on any atom is -0.350 e. The summed E-state index contributed by atoms with van der Waals surface area (Å²) < 4.78 is 1.88. The molecule has 1 N–H and O–H groups in total. The van der Waals surface area contributed by atoms with Gasteiger partial charge in [-0.2, -0.15) is 0 Å². The third-order valence-electron chi connectivity index (χ3n) is 3.88. The van der Waals surface area contributed by atoms with Crippen LogP contribution >= 0.6 is 11.6 Å². The van der Waals surface area contributed by atoms with Crippen LogP contribution in [0, 0.1) is 5.92 Å². The topological polar surface area (TPSA) is 46.4 Å². The van der Waals surface area contributed by atoms with E-state index in [1.165, 1.54) is 19.3 Å². The highest BCUT2D eigenvalue weighted by molar-refractivity contribution is 6.30. The van der Waals surface area contributed by atoms with Gasteiger partial charge in [0.1, 0.15) is 5.65 Å². The average molecular weight is 292 g/mol. The second kappa shape index (κ2) is 5.83. The van der Waals surface area contributed by atoms with Gasteiger partial charge in [-0.05, 0) is 25.0 Å². The second-order valence-corrected chi connectivity index (χ2v) is 5.83. The fourth-order valence-electron chi connectivity index (χ4n) is 2.79. The number of aromatic nitrogens is 2. The number of halogens is 1. The predicted molar refractivity (Wildman–Crippen MR) is 78.6 cm³/mol. The summed E-state index contributed by atoms with van der Waals surface area (Å²) >= 11 is 5.94. The molecule has 0 saturated heterocycles. The highest BCUT2D eigenvalue weighted by Gasteiger charge is 2.20. The lowest BCUT2D eigenvalue weighted by atomic mass is 9.89. The molecule has 1 aliphatic carbocycles. The number of hydrogen-bond acceptors (Lipinski definition) is 2. The van der Waals surface area contributed by atoms with Crippen LogP contribution < -0.4 is 5.32 Å². The van der Waals surface area contributed by atoms with Crippen LogP contribution in [0.15, 0.2) is 24.5 Å². The van der Waals surface area contributed by atoms with Gasteiger partial charge in [-0.25, -0.2) is 4.98 Å². The molecule has 0 spiro atoms. The quantitative estimate of drug-likeness (QED) is 0.944. The maximum absolute atomic E-state index is 12.1. The van der Waals surface area contributed by atoms with Crippen molar-refractivity contribution < 1.29 is 4.79 Å². The minimum absolute atomic E-state index is 0.166. The van der Waals surface area contributed by atoms with Gasteiger partial charge < -0.3 is 9.72 Å². The molecule has 0 aromatic carbocycles. The Labute approximate surface area is 123 Å². The van der Waals surface area contributed by atoms with E-state index in [4.69, 9.17) is 11.6 Å². The maximum Gasteiger partial charge on any atom is 0.223 e. The molecule has 1 saturated carbocycles. The van der Waals surface area contributed by atoms with Gasteiger partial charge in [0, 0.05) is 18.3 Å². The molecule has 2 aromatic rings. The number of imidazole rings is 1. The first-order chi connectivity index (χ1) is 9.72. The maximum atomic E-state index is 12.1. The van der Waals surface area contributed by atoms with E-state index in [1.54, 1.807) is 0 Å². The molecule has 0 atom stereocenters. The summed E-state index contributed by atoms with van der Waals surface area (Å²) in [4.78, 5) is 16.5. The highest BCUT2D eigenvalue weighted by Crippen LogP contribution is 2.23. The second-order valence-electron chi connectivity index (χ2n) is 5.40. The zero-order chi connectivity index (χ0) is 13.9. The van der Waals surface area contributed by atoms with Gasteiger partial charge in [0.05, 0.1) is 17.3 Å². The number of amides is 1. The summed E-state index contributed by atoms with van der Waals surface area (Å²) in [5, 5.41) is 3.67. The molecule has 2 aromatic heterocycles. The van der Waals surface area contributed by atoms with Crippen molar-refractivity contribution in [2.45, 2.75) is 38.6 Å². The third-order valence-corrected chi connectivity index (χ3v) is 4.11. The fraction of sp³-hybridized carbons (Fsp3) is 0.467. The zero-order valence-electron chi connectivity index (χ0n) is 11.3. The van der Waals surface area contributed by atoms with E-state index in [0.29, 0.717) is 11.6 Å². The third kappa shape index (κ3) is 2.96.